The third-order valence-electron chi connectivity index (χ3n) is 3.17. The second kappa shape index (κ2) is 8.28. The van der Waals surface area contributed by atoms with Crippen LogP contribution >= 0.6 is 11.3 Å². The van der Waals surface area contributed by atoms with Gasteiger partial charge in [0.05, 0.1) is 24.5 Å². The molecule has 0 saturated carbocycles. The third kappa shape index (κ3) is 5.37. The average molecular weight is 334 g/mol. The van der Waals surface area contributed by atoms with E-state index < -0.39 is 4.92 Å². The van der Waals surface area contributed by atoms with Gasteiger partial charge in [-0.25, -0.2) is 0 Å². The normalized spacial score (nSPS) is 10.3. The maximum absolute atomic E-state index is 11.8. The van der Waals surface area contributed by atoms with Crippen LogP contribution in [0, 0.1) is 10.1 Å². The summed E-state index contributed by atoms with van der Waals surface area (Å²) in [5.74, 6) is 0.424. The van der Waals surface area contributed by atoms with E-state index in [9.17, 15) is 14.9 Å². The predicted molar refractivity (Wildman–Crippen MR) is 88.8 cm³/mol. The van der Waals surface area contributed by atoms with Gasteiger partial charge in [0, 0.05) is 21.9 Å². The maximum atomic E-state index is 11.8. The van der Waals surface area contributed by atoms with Crippen LogP contribution in [0.2, 0.25) is 0 Å². The fourth-order valence-electron chi connectivity index (χ4n) is 1.91. The number of thiophene rings is 1. The van der Waals surface area contributed by atoms with E-state index in [-0.39, 0.29) is 24.6 Å². The van der Waals surface area contributed by atoms with Crippen LogP contribution in [0.5, 0.6) is 5.75 Å². The fraction of sp³-hybridized carbons (Fsp3) is 0.312. The number of nitrogens with zero attached hydrogens (tertiary/aromatic N) is 1. The number of nitrogens with one attached hydrogen (secondary N) is 1. The standard InChI is InChI=1S/C16H18N2O4S/c1-2-14-7-8-15(23-14)11-17-16(19)9-10-22-13-5-3-12(4-6-13)18(20)21/h3-8H,2,9-11H2,1H3,(H,17,19). The number of hydrogen-bond donors (Lipinski definition) is 1. The summed E-state index contributed by atoms with van der Waals surface area (Å²) in [6.07, 6.45) is 1.24. The molecular weight excluding hydrogens is 316 g/mol. The summed E-state index contributed by atoms with van der Waals surface area (Å²) in [7, 11) is 0. The molecule has 1 heterocycles. The predicted octanol–water partition coefficient (Wildman–Crippen LogP) is 3.30. The number of carbonyl (C=O) groups is 1. The summed E-state index contributed by atoms with van der Waals surface area (Å²) in [6, 6.07) is 9.89. The van der Waals surface area contributed by atoms with Crippen molar-refractivity contribution in [2.75, 3.05) is 6.61 Å². The maximum Gasteiger partial charge on any atom is 0.269 e. The highest BCUT2D eigenvalue weighted by atomic mass is 32.1. The van der Waals surface area contributed by atoms with E-state index in [4.69, 9.17) is 4.74 Å². The number of benzene rings is 1. The SMILES string of the molecule is CCc1ccc(CNC(=O)CCOc2ccc([N+](=O)[O-])cc2)s1. The lowest BCUT2D eigenvalue weighted by Gasteiger charge is -2.06. The molecule has 1 amide bonds. The van der Waals surface area contributed by atoms with Crippen LogP contribution < -0.4 is 10.1 Å². The zero-order valence-corrected chi connectivity index (χ0v) is 13.6. The molecule has 0 aliphatic rings. The molecule has 1 aromatic heterocycles. The Morgan fingerprint density at radius 3 is 2.52 bits per heavy atom. The minimum Gasteiger partial charge on any atom is -0.493 e. The first kappa shape index (κ1) is 17.0. The molecule has 0 saturated heterocycles. The van der Waals surface area contributed by atoms with Gasteiger partial charge >= 0.3 is 0 Å². The molecule has 0 aliphatic heterocycles. The minimum atomic E-state index is -0.467. The van der Waals surface area contributed by atoms with Crippen LogP contribution in [-0.2, 0) is 17.8 Å². The summed E-state index contributed by atoms with van der Waals surface area (Å²) >= 11 is 1.70. The van der Waals surface area contributed by atoms with Gasteiger partial charge in [0.1, 0.15) is 5.75 Å². The van der Waals surface area contributed by atoms with Crippen molar-refractivity contribution in [1.82, 2.24) is 5.32 Å². The Balaban J connectivity index is 1.69. The number of nitro benzene ring substituents is 1. The van der Waals surface area contributed by atoms with Crippen molar-refractivity contribution in [3.05, 3.63) is 56.3 Å². The first-order valence-corrected chi connectivity index (χ1v) is 8.11. The Morgan fingerprint density at radius 1 is 1.22 bits per heavy atom. The number of amides is 1. The van der Waals surface area contributed by atoms with Gasteiger partial charge in [-0.3, -0.25) is 14.9 Å². The molecule has 6 nitrogen and oxygen atoms in total. The lowest BCUT2D eigenvalue weighted by atomic mass is 10.3. The van der Waals surface area contributed by atoms with Crippen LogP contribution in [0.3, 0.4) is 0 Å². The average Bonchev–Trinajstić information content (AvgIpc) is 3.01. The molecule has 1 aromatic carbocycles. The highest BCUT2D eigenvalue weighted by Gasteiger charge is 2.06. The van der Waals surface area contributed by atoms with Gasteiger partial charge in [-0.05, 0) is 30.7 Å². The topological polar surface area (TPSA) is 81.5 Å². The molecule has 0 spiro atoms. The van der Waals surface area contributed by atoms with E-state index in [1.165, 1.54) is 29.1 Å². The zero-order chi connectivity index (χ0) is 16.7. The summed E-state index contributed by atoms with van der Waals surface area (Å²) in [6.45, 7) is 2.86. The summed E-state index contributed by atoms with van der Waals surface area (Å²) in [5.41, 5.74) is 0.0116. The van der Waals surface area contributed by atoms with Crippen LogP contribution in [0.25, 0.3) is 0 Å². The first-order valence-electron chi connectivity index (χ1n) is 7.30. The Hall–Kier alpha value is -2.41. The number of aryl methyl sites for hydroxylation is 1. The number of rotatable bonds is 8. The lowest BCUT2D eigenvalue weighted by molar-refractivity contribution is -0.384. The van der Waals surface area contributed by atoms with Gasteiger partial charge in [0.25, 0.3) is 5.69 Å². The molecule has 1 N–H and O–H groups in total. The highest BCUT2D eigenvalue weighted by molar-refractivity contribution is 7.11. The smallest absolute Gasteiger partial charge is 0.269 e. The van der Waals surface area contributed by atoms with Crippen LogP contribution in [0.1, 0.15) is 23.1 Å². The Kier molecular flexibility index (Phi) is 6.10. The van der Waals surface area contributed by atoms with Crippen molar-refractivity contribution >= 4 is 22.9 Å². The molecule has 0 aliphatic carbocycles. The van der Waals surface area contributed by atoms with Crippen molar-refractivity contribution in [2.45, 2.75) is 26.3 Å². The Bertz CT molecular complexity index is 667. The van der Waals surface area contributed by atoms with Gasteiger partial charge < -0.3 is 10.1 Å². The van der Waals surface area contributed by atoms with E-state index in [1.807, 2.05) is 6.07 Å². The first-order chi connectivity index (χ1) is 11.1. The number of nitro groups is 1. The summed E-state index contributed by atoms with van der Waals surface area (Å²) in [5, 5.41) is 13.4. The van der Waals surface area contributed by atoms with E-state index in [2.05, 4.69) is 18.3 Å². The van der Waals surface area contributed by atoms with Crippen LogP contribution in [-0.4, -0.2) is 17.4 Å². The summed E-state index contributed by atoms with van der Waals surface area (Å²) in [4.78, 5) is 24.3. The van der Waals surface area contributed by atoms with Gasteiger partial charge in [-0.1, -0.05) is 6.92 Å². The number of non-ortho nitro benzene ring substituents is 1. The molecule has 23 heavy (non-hydrogen) atoms. The van der Waals surface area contributed by atoms with Crippen molar-refractivity contribution in [3.8, 4) is 5.75 Å². The molecule has 2 rings (SSSR count). The van der Waals surface area contributed by atoms with Gasteiger partial charge in [0.15, 0.2) is 0 Å². The highest BCUT2D eigenvalue weighted by Crippen LogP contribution is 2.18. The molecule has 0 bridgehead atoms. The van der Waals surface area contributed by atoms with E-state index >= 15 is 0 Å². The molecule has 0 fully saturated rings. The molecule has 0 atom stereocenters. The number of hydrogen-bond acceptors (Lipinski definition) is 5. The van der Waals surface area contributed by atoms with E-state index in [0.717, 1.165) is 11.3 Å². The second-order valence-electron chi connectivity index (χ2n) is 4.85. The van der Waals surface area contributed by atoms with E-state index in [0.29, 0.717) is 12.3 Å². The lowest BCUT2D eigenvalue weighted by Crippen LogP contribution is -2.24. The van der Waals surface area contributed by atoms with Gasteiger partial charge in [-0.15, -0.1) is 11.3 Å². The van der Waals surface area contributed by atoms with Crippen molar-refractivity contribution < 1.29 is 14.5 Å². The van der Waals surface area contributed by atoms with Crippen molar-refractivity contribution in [2.24, 2.45) is 0 Å². The minimum absolute atomic E-state index is 0.0116. The summed E-state index contributed by atoms with van der Waals surface area (Å²) < 4.78 is 5.40. The van der Waals surface area contributed by atoms with E-state index in [1.54, 1.807) is 11.3 Å². The second-order valence-corrected chi connectivity index (χ2v) is 6.10. The molecule has 7 heteroatoms. The Labute approximate surface area is 138 Å². The van der Waals surface area contributed by atoms with Gasteiger partial charge in [-0.2, -0.15) is 0 Å². The van der Waals surface area contributed by atoms with Crippen LogP contribution in [0.4, 0.5) is 5.69 Å². The van der Waals surface area contributed by atoms with Crippen molar-refractivity contribution in [1.29, 1.82) is 0 Å². The molecule has 2 aromatic rings. The Morgan fingerprint density at radius 2 is 1.91 bits per heavy atom. The largest absolute Gasteiger partial charge is 0.493 e. The van der Waals surface area contributed by atoms with Gasteiger partial charge in [0.2, 0.25) is 5.91 Å². The molecule has 122 valence electrons. The molecular formula is C16H18N2O4S. The number of ether oxygens (including phenoxy) is 1. The number of carbonyl (C=O) groups excluding carboxylic acids is 1. The monoisotopic (exact) mass is 334 g/mol. The van der Waals surface area contributed by atoms with Crippen LogP contribution in [0.15, 0.2) is 36.4 Å². The molecule has 0 unspecified atom stereocenters. The quantitative estimate of drug-likeness (QED) is 0.593. The van der Waals surface area contributed by atoms with Crippen molar-refractivity contribution in [3.63, 3.8) is 0 Å². The third-order valence-corrected chi connectivity index (χ3v) is 4.40. The zero-order valence-electron chi connectivity index (χ0n) is 12.8. The fourth-order valence-corrected chi connectivity index (χ4v) is 2.80. The molecule has 0 radical (unpaired) electrons.